The first-order chi connectivity index (χ1) is 9.13. The molecule has 0 atom stereocenters. The monoisotopic (exact) mass is 295 g/mol. The molecule has 2 aromatic rings. The Balaban J connectivity index is 2.33. The number of aromatic nitrogens is 1. The zero-order valence-corrected chi connectivity index (χ0v) is 11.7. The number of carbonyl (C=O) groups is 1. The molecule has 1 aromatic carbocycles. The number of ether oxygens (including phenoxy) is 1. The highest BCUT2D eigenvalue weighted by atomic mass is 35.5. The van der Waals surface area contributed by atoms with Gasteiger partial charge < -0.3 is 4.74 Å². The number of esters is 1. The van der Waals surface area contributed by atoms with Crippen molar-refractivity contribution in [2.75, 3.05) is 6.61 Å². The van der Waals surface area contributed by atoms with Crippen LogP contribution in [0.3, 0.4) is 0 Å². The lowest BCUT2D eigenvalue weighted by atomic mass is 10.1. The summed E-state index contributed by atoms with van der Waals surface area (Å²) in [5, 5.41) is 0.654. The van der Waals surface area contributed by atoms with E-state index in [1.165, 1.54) is 0 Å². The highest BCUT2D eigenvalue weighted by Crippen LogP contribution is 2.31. The standard InChI is InChI=1S/C14H11Cl2NO2/c1-2-19-14(18)10-5-3-9(4-6-10)11-7-8-17-13(16)12(11)15/h3-8H,2H2,1H3. The molecule has 3 nitrogen and oxygen atoms in total. The van der Waals surface area contributed by atoms with Gasteiger partial charge in [0.05, 0.1) is 17.2 Å². The Morgan fingerprint density at radius 1 is 1.21 bits per heavy atom. The van der Waals surface area contributed by atoms with Crippen LogP contribution < -0.4 is 0 Å². The van der Waals surface area contributed by atoms with Gasteiger partial charge in [-0.1, -0.05) is 35.3 Å². The molecule has 5 heteroatoms. The molecule has 0 spiro atoms. The lowest BCUT2D eigenvalue weighted by Crippen LogP contribution is -2.04. The molecule has 0 amide bonds. The molecule has 1 aromatic heterocycles. The molecule has 98 valence electrons. The van der Waals surface area contributed by atoms with Crippen molar-refractivity contribution in [3.63, 3.8) is 0 Å². The van der Waals surface area contributed by atoms with E-state index in [9.17, 15) is 4.79 Å². The molecule has 0 aliphatic heterocycles. The molecular weight excluding hydrogens is 285 g/mol. The van der Waals surface area contributed by atoms with E-state index in [0.29, 0.717) is 17.2 Å². The third-order valence-corrected chi connectivity index (χ3v) is 3.32. The summed E-state index contributed by atoms with van der Waals surface area (Å²) in [5.41, 5.74) is 2.14. The predicted molar refractivity (Wildman–Crippen MR) is 75.6 cm³/mol. The number of halogens is 2. The second-order valence-corrected chi connectivity index (χ2v) is 4.50. The number of carbonyl (C=O) groups excluding carboxylic acids is 1. The van der Waals surface area contributed by atoms with Crippen molar-refractivity contribution in [1.82, 2.24) is 4.98 Å². The zero-order chi connectivity index (χ0) is 13.8. The molecule has 1 heterocycles. The largest absolute Gasteiger partial charge is 0.462 e. The third kappa shape index (κ3) is 3.06. The van der Waals surface area contributed by atoms with Crippen LogP contribution >= 0.6 is 23.2 Å². The lowest BCUT2D eigenvalue weighted by molar-refractivity contribution is 0.0526. The van der Waals surface area contributed by atoms with Crippen LogP contribution in [0.2, 0.25) is 10.2 Å². The van der Waals surface area contributed by atoms with Gasteiger partial charge >= 0.3 is 5.97 Å². The van der Waals surface area contributed by atoms with Crippen LogP contribution in [-0.2, 0) is 4.74 Å². The van der Waals surface area contributed by atoms with Crippen LogP contribution in [0.15, 0.2) is 36.5 Å². The first-order valence-corrected chi connectivity index (χ1v) is 6.46. The highest BCUT2D eigenvalue weighted by molar-refractivity contribution is 6.42. The molecule has 0 unspecified atom stereocenters. The summed E-state index contributed by atoms with van der Waals surface area (Å²) in [4.78, 5) is 15.4. The van der Waals surface area contributed by atoms with Crippen LogP contribution in [0, 0.1) is 0 Å². The van der Waals surface area contributed by atoms with Crippen LogP contribution in [0.5, 0.6) is 0 Å². The molecule has 0 fully saturated rings. The van der Waals surface area contributed by atoms with Gasteiger partial charge in [-0.3, -0.25) is 0 Å². The Hall–Kier alpha value is -1.58. The summed E-state index contributed by atoms with van der Waals surface area (Å²) in [6.07, 6.45) is 1.59. The van der Waals surface area contributed by atoms with Crippen molar-refractivity contribution in [2.24, 2.45) is 0 Å². The molecular formula is C14H11Cl2NO2. The van der Waals surface area contributed by atoms with Gasteiger partial charge in [-0.05, 0) is 30.7 Å². The minimum Gasteiger partial charge on any atom is -0.462 e. The molecule has 0 radical (unpaired) electrons. The normalized spacial score (nSPS) is 10.3. The second-order valence-electron chi connectivity index (χ2n) is 3.76. The Labute approximate surface area is 121 Å². The van der Waals surface area contributed by atoms with Crippen LogP contribution in [-0.4, -0.2) is 17.6 Å². The fraction of sp³-hybridized carbons (Fsp3) is 0.143. The number of benzene rings is 1. The Morgan fingerprint density at radius 2 is 1.89 bits per heavy atom. The number of pyridine rings is 1. The summed E-state index contributed by atoms with van der Waals surface area (Å²) in [5.74, 6) is -0.340. The van der Waals surface area contributed by atoms with Crippen LogP contribution in [0.1, 0.15) is 17.3 Å². The molecule has 0 N–H and O–H groups in total. The maximum atomic E-state index is 11.5. The SMILES string of the molecule is CCOC(=O)c1ccc(-c2ccnc(Cl)c2Cl)cc1. The minimum absolute atomic E-state index is 0.258. The van der Waals surface area contributed by atoms with Crippen LogP contribution in [0.25, 0.3) is 11.1 Å². The lowest BCUT2D eigenvalue weighted by Gasteiger charge is -2.06. The first kappa shape index (κ1) is 13.8. The average molecular weight is 296 g/mol. The van der Waals surface area contributed by atoms with Gasteiger partial charge in [-0.2, -0.15) is 0 Å². The van der Waals surface area contributed by atoms with Gasteiger partial charge in [-0.25, -0.2) is 9.78 Å². The average Bonchev–Trinajstić information content (AvgIpc) is 2.42. The van der Waals surface area contributed by atoms with Gasteiger partial charge in [0.2, 0.25) is 0 Å². The van der Waals surface area contributed by atoms with E-state index >= 15 is 0 Å². The van der Waals surface area contributed by atoms with Gasteiger partial charge in [0.1, 0.15) is 5.15 Å². The van der Waals surface area contributed by atoms with Gasteiger partial charge in [-0.15, -0.1) is 0 Å². The van der Waals surface area contributed by atoms with Crippen molar-refractivity contribution in [3.8, 4) is 11.1 Å². The summed E-state index contributed by atoms with van der Waals surface area (Å²) in [7, 11) is 0. The van der Waals surface area contributed by atoms with Crippen molar-refractivity contribution in [2.45, 2.75) is 6.92 Å². The first-order valence-electron chi connectivity index (χ1n) is 5.71. The highest BCUT2D eigenvalue weighted by Gasteiger charge is 2.10. The molecule has 0 saturated heterocycles. The summed E-state index contributed by atoms with van der Waals surface area (Å²) < 4.78 is 4.92. The van der Waals surface area contributed by atoms with Crippen molar-refractivity contribution < 1.29 is 9.53 Å². The van der Waals surface area contributed by atoms with Crippen LogP contribution in [0.4, 0.5) is 0 Å². The Bertz CT molecular complexity index is 597. The Kier molecular flexibility index (Phi) is 4.40. The maximum absolute atomic E-state index is 11.5. The number of rotatable bonds is 3. The quantitative estimate of drug-likeness (QED) is 0.628. The fourth-order valence-corrected chi connectivity index (χ4v) is 2.02. The van der Waals surface area contributed by atoms with E-state index in [0.717, 1.165) is 11.1 Å². The van der Waals surface area contributed by atoms with Gasteiger partial charge in [0.15, 0.2) is 0 Å². The molecule has 0 aliphatic carbocycles. The molecule has 0 bridgehead atoms. The Morgan fingerprint density at radius 3 is 2.53 bits per heavy atom. The number of hydrogen-bond donors (Lipinski definition) is 0. The molecule has 0 aliphatic rings. The van der Waals surface area contributed by atoms with Crippen molar-refractivity contribution in [3.05, 3.63) is 52.3 Å². The van der Waals surface area contributed by atoms with E-state index in [2.05, 4.69) is 4.98 Å². The van der Waals surface area contributed by atoms with Crippen molar-refractivity contribution >= 4 is 29.2 Å². The van der Waals surface area contributed by atoms with E-state index in [-0.39, 0.29) is 11.1 Å². The third-order valence-electron chi connectivity index (χ3n) is 2.55. The minimum atomic E-state index is -0.340. The van der Waals surface area contributed by atoms with Gasteiger partial charge in [0, 0.05) is 11.8 Å². The maximum Gasteiger partial charge on any atom is 0.338 e. The molecule has 19 heavy (non-hydrogen) atoms. The predicted octanol–water partition coefficient (Wildman–Crippen LogP) is 4.23. The van der Waals surface area contributed by atoms with E-state index < -0.39 is 0 Å². The summed E-state index contributed by atoms with van der Waals surface area (Å²) in [6, 6.07) is 8.75. The van der Waals surface area contributed by atoms with Gasteiger partial charge in [0.25, 0.3) is 0 Å². The molecule has 2 rings (SSSR count). The summed E-state index contributed by atoms with van der Waals surface area (Å²) in [6.45, 7) is 2.12. The fourth-order valence-electron chi connectivity index (χ4n) is 1.64. The second kappa shape index (κ2) is 6.04. The summed E-state index contributed by atoms with van der Waals surface area (Å²) >= 11 is 12.0. The zero-order valence-electron chi connectivity index (χ0n) is 10.2. The smallest absolute Gasteiger partial charge is 0.338 e. The molecule has 0 saturated carbocycles. The van der Waals surface area contributed by atoms with E-state index in [1.54, 1.807) is 43.5 Å². The number of nitrogens with zero attached hydrogens (tertiary/aromatic N) is 1. The topological polar surface area (TPSA) is 39.2 Å². The van der Waals surface area contributed by atoms with E-state index in [4.69, 9.17) is 27.9 Å². The number of hydrogen-bond acceptors (Lipinski definition) is 3. The van der Waals surface area contributed by atoms with E-state index in [1.807, 2.05) is 0 Å². The van der Waals surface area contributed by atoms with Crippen molar-refractivity contribution in [1.29, 1.82) is 0 Å².